The maximum atomic E-state index is 11.1. The molecular weight excluding hydrogens is 242 g/mol. The highest BCUT2D eigenvalue weighted by atomic mass is 16.1. The molecule has 2 aromatic rings. The molecule has 0 aliphatic rings. The van der Waals surface area contributed by atoms with Crippen LogP contribution in [0.25, 0.3) is 0 Å². The van der Waals surface area contributed by atoms with Crippen molar-refractivity contribution in [3.05, 3.63) is 46.8 Å². The zero-order valence-electron chi connectivity index (χ0n) is 11.2. The van der Waals surface area contributed by atoms with E-state index < -0.39 is 0 Å². The molecule has 0 spiro atoms. The second-order valence-electron chi connectivity index (χ2n) is 4.34. The molecular formula is C13H16N5O+. The van der Waals surface area contributed by atoms with Crippen LogP contribution in [0, 0.1) is 0 Å². The van der Waals surface area contributed by atoms with Crippen molar-refractivity contribution in [3.8, 4) is 0 Å². The van der Waals surface area contributed by atoms with E-state index in [0.29, 0.717) is 5.82 Å². The Hall–Kier alpha value is -2.50. The molecule has 1 aromatic carbocycles. The van der Waals surface area contributed by atoms with Gasteiger partial charge < -0.3 is 4.90 Å². The number of nitrogens with zero attached hydrogens (tertiary/aromatic N) is 4. The van der Waals surface area contributed by atoms with Gasteiger partial charge in [-0.3, -0.25) is 4.79 Å². The van der Waals surface area contributed by atoms with E-state index in [9.17, 15) is 4.79 Å². The molecule has 0 fully saturated rings. The minimum Gasteiger partial charge on any atom is -0.378 e. The first-order valence-corrected chi connectivity index (χ1v) is 5.85. The minimum atomic E-state index is -0.170. The van der Waals surface area contributed by atoms with Gasteiger partial charge in [0, 0.05) is 31.9 Å². The summed E-state index contributed by atoms with van der Waals surface area (Å²) in [5.74, 6) is 0.580. The standard InChI is InChI=1S/C13H15N5O/c1-17(2)11-6-4-10(5-7-11)14-15-12-8-9-13(19)16-18(12)3/h4-9H,1-3H3/p+1. The lowest BCUT2D eigenvalue weighted by atomic mass is 10.3. The summed E-state index contributed by atoms with van der Waals surface area (Å²) in [7, 11) is 5.68. The predicted octanol–water partition coefficient (Wildman–Crippen LogP) is 1.68. The van der Waals surface area contributed by atoms with E-state index in [0.717, 1.165) is 11.4 Å². The van der Waals surface area contributed by atoms with Gasteiger partial charge in [0.15, 0.2) is 0 Å². The first-order chi connectivity index (χ1) is 9.06. The molecule has 0 aliphatic carbocycles. The number of rotatable bonds is 3. The van der Waals surface area contributed by atoms with E-state index in [1.807, 2.05) is 43.3 Å². The molecule has 0 amide bonds. The maximum absolute atomic E-state index is 11.1. The third-order valence-electron chi connectivity index (χ3n) is 2.64. The van der Waals surface area contributed by atoms with Crippen molar-refractivity contribution in [2.24, 2.45) is 17.3 Å². The van der Waals surface area contributed by atoms with Gasteiger partial charge in [0.25, 0.3) is 5.56 Å². The number of H-pyrrole nitrogens is 1. The molecule has 1 heterocycles. The van der Waals surface area contributed by atoms with E-state index in [-0.39, 0.29) is 5.56 Å². The molecule has 0 aliphatic heterocycles. The van der Waals surface area contributed by atoms with Crippen LogP contribution in [0.2, 0.25) is 0 Å². The van der Waals surface area contributed by atoms with Crippen LogP contribution in [0.15, 0.2) is 51.4 Å². The van der Waals surface area contributed by atoms with Crippen molar-refractivity contribution in [2.45, 2.75) is 0 Å². The fourth-order valence-corrected chi connectivity index (χ4v) is 1.55. The van der Waals surface area contributed by atoms with Gasteiger partial charge in [-0.05, 0) is 29.4 Å². The smallest absolute Gasteiger partial charge is 0.368 e. The zero-order chi connectivity index (χ0) is 13.8. The third kappa shape index (κ3) is 3.25. The Kier molecular flexibility index (Phi) is 3.70. The van der Waals surface area contributed by atoms with Gasteiger partial charge in [-0.2, -0.15) is 9.78 Å². The number of hydrogen-bond acceptors (Lipinski definition) is 4. The first-order valence-electron chi connectivity index (χ1n) is 5.85. The van der Waals surface area contributed by atoms with Gasteiger partial charge in [0.05, 0.1) is 5.11 Å². The van der Waals surface area contributed by atoms with Gasteiger partial charge >= 0.3 is 5.82 Å². The summed E-state index contributed by atoms with van der Waals surface area (Å²) in [5, 5.41) is 10.8. The predicted molar refractivity (Wildman–Crippen MR) is 73.2 cm³/mol. The van der Waals surface area contributed by atoms with E-state index in [2.05, 4.69) is 15.3 Å². The Balaban J connectivity index is 2.20. The van der Waals surface area contributed by atoms with Gasteiger partial charge in [-0.25, -0.2) is 0 Å². The largest absolute Gasteiger partial charge is 0.378 e. The molecule has 0 unspecified atom stereocenters. The second kappa shape index (κ2) is 5.43. The molecule has 98 valence electrons. The molecule has 1 N–H and O–H groups in total. The summed E-state index contributed by atoms with van der Waals surface area (Å²) in [5.41, 5.74) is 1.70. The number of aromatic amines is 1. The molecule has 6 heteroatoms. The molecule has 0 atom stereocenters. The number of anilines is 1. The lowest BCUT2D eigenvalue weighted by Crippen LogP contribution is -2.38. The monoisotopic (exact) mass is 258 g/mol. The summed E-state index contributed by atoms with van der Waals surface area (Å²) >= 11 is 0. The van der Waals surface area contributed by atoms with Crippen molar-refractivity contribution in [1.82, 2.24) is 5.10 Å². The molecule has 0 radical (unpaired) electrons. The van der Waals surface area contributed by atoms with Crippen molar-refractivity contribution in [1.29, 1.82) is 0 Å². The Morgan fingerprint density at radius 1 is 1.05 bits per heavy atom. The summed E-state index contributed by atoms with van der Waals surface area (Å²) in [6.07, 6.45) is 0. The molecule has 0 bridgehead atoms. The van der Waals surface area contributed by atoms with Crippen LogP contribution in [0.5, 0.6) is 0 Å². The number of benzene rings is 1. The molecule has 6 nitrogen and oxygen atoms in total. The van der Waals surface area contributed by atoms with Crippen molar-refractivity contribution >= 4 is 17.2 Å². The third-order valence-corrected chi connectivity index (χ3v) is 2.64. The van der Waals surface area contributed by atoms with E-state index in [4.69, 9.17) is 0 Å². The number of hydrogen-bond donors (Lipinski definition) is 1. The Bertz CT molecular complexity index is 643. The minimum absolute atomic E-state index is 0.170. The van der Waals surface area contributed by atoms with Crippen LogP contribution < -0.4 is 15.1 Å². The molecule has 0 saturated carbocycles. The van der Waals surface area contributed by atoms with Crippen LogP contribution >= 0.6 is 0 Å². The van der Waals surface area contributed by atoms with Crippen molar-refractivity contribution < 1.29 is 4.68 Å². The van der Waals surface area contributed by atoms with Gasteiger partial charge in [-0.1, -0.05) is 0 Å². The lowest BCUT2D eigenvalue weighted by molar-refractivity contribution is -0.719. The number of nitrogens with one attached hydrogen (secondary N) is 1. The van der Waals surface area contributed by atoms with Crippen molar-refractivity contribution in [3.63, 3.8) is 0 Å². The molecule has 19 heavy (non-hydrogen) atoms. The van der Waals surface area contributed by atoms with Crippen molar-refractivity contribution in [2.75, 3.05) is 19.0 Å². The SMILES string of the molecule is CN(C)c1ccc(N=Nc2ccc(=O)[nH][n+]2C)cc1. The average Bonchev–Trinajstić information content (AvgIpc) is 2.38. The summed E-state index contributed by atoms with van der Waals surface area (Å²) in [6, 6.07) is 10.8. The first kappa shape index (κ1) is 12.9. The van der Waals surface area contributed by atoms with Crippen LogP contribution in [-0.2, 0) is 7.05 Å². The zero-order valence-corrected chi connectivity index (χ0v) is 11.2. The topological polar surface area (TPSA) is 64.7 Å². The van der Waals surface area contributed by atoms with Gasteiger partial charge in [0.1, 0.15) is 12.7 Å². The normalized spacial score (nSPS) is 10.9. The highest BCUT2D eigenvalue weighted by Gasteiger charge is 2.06. The van der Waals surface area contributed by atoms with E-state index in [1.54, 1.807) is 13.1 Å². The van der Waals surface area contributed by atoms with Gasteiger partial charge in [0.2, 0.25) is 0 Å². The highest BCUT2D eigenvalue weighted by Crippen LogP contribution is 2.19. The fourth-order valence-electron chi connectivity index (χ4n) is 1.55. The van der Waals surface area contributed by atoms with Crippen LogP contribution in [-0.4, -0.2) is 19.2 Å². The summed E-state index contributed by atoms with van der Waals surface area (Å²) in [6.45, 7) is 0. The van der Waals surface area contributed by atoms with Crippen LogP contribution in [0.1, 0.15) is 0 Å². The van der Waals surface area contributed by atoms with E-state index in [1.165, 1.54) is 10.7 Å². The summed E-state index contributed by atoms with van der Waals surface area (Å²) in [4.78, 5) is 13.1. The van der Waals surface area contributed by atoms with Crippen LogP contribution in [0.4, 0.5) is 17.2 Å². The Morgan fingerprint density at radius 3 is 2.32 bits per heavy atom. The highest BCUT2D eigenvalue weighted by molar-refractivity contribution is 5.51. The number of aryl methyl sites for hydroxylation is 1. The average molecular weight is 258 g/mol. The number of azo groups is 1. The van der Waals surface area contributed by atoms with Gasteiger partial charge in [-0.15, -0.1) is 0 Å². The Labute approximate surface area is 111 Å². The lowest BCUT2D eigenvalue weighted by Gasteiger charge is -2.11. The summed E-state index contributed by atoms with van der Waals surface area (Å²) < 4.78 is 1.53. The molecule has 0 saturated heterocycles. The van der Waals surface area contributed by atoms with Crippen LogP contribution in [0.3, 0.4) is 0 Å². The molecule has 1 aromatic heterocycles. The van der Waals surface area contributed by atoms with E-state index >= 15 is 0 Å². The number of aromatic nitrogens is 2. The fraction of sp³-hybridized carbons (Fsp3) is 0.231. The maximum Gasteiger partial charge on any atom is 0.368 e. The second-order valence-corrected chi connectivity index (χ2v) is 4.34. The quantitative estimate of drug-likeness (QED) is 0.672. The Morgan fingerprint density at radius 2 is 1.74 bits per heavy atom. The molecule has 2 rings (SSSR count).